The molecule has 2 amide bonds. The topological polar surface area (TPSA) is 98.3 Å². The molecule has 0 bridgehead atoms. The molecule has 7 nitrogen and oxygen atoms in total. The molecule has 0 fully saturated rings. The highest BCUT2D eigenvalue weighted by molar-refractivity contribution is 5.94. The third kappa shape index (κ3) is 6.24. The van der Waals surface area contributed by atoms with Crippen LogP contribution < -0.4 is 5.32 Å². The summed E-state index contributed by atoms with van der Waals surface area (Å²) in [5, 5.41) is 13.6. The van der Waals surface area contributed by atoms with Crippen molar-refractivity contribution in [3.8, 4) is 16.9 Å². The Morgan fingerprint density at radius 2 is 1.73 bits per heavy atom. The van der Waals surface area contributed by atoms with Gasteiger partial charge in [0.1, 0.15) is 17.4 Å². The van der Waals surface area contributed by atoms with E-state index in [1.165, 1.54) is 17.0 Å². The van der Waals surface area contributed by atoms with Gasteiger partial charge in [0.2, 0.25) is 5.91 Å². The summed E-state index contributed by atoms with van der Waals surface area (Å²) in [7, 11) is 3.36. The average Bonchev–Trinajstić information content (AvgIpc) is 3.33. The van der Waals surface area contributed by atoms with Crippen molar-refractivity contribution >= 4 is 22.7 Å². The predicted molar refractivity (Wildman–Crippen MR) is 152 cm³/mol. The average molecular weight is 555 g/mol. The van der Waals surface area contributed by atoms with Crippen molar-refractivity contribution in [2.24, 2.45) is 0 Å². The molecule has 3 N–H and O–H groups in total. The maximum absolute atomic E-state index is 14.1. The van der Waals surface area contributed by atoms with Crippen LogP contribution in [0, 0.1) is 11.6 Å². The Hall–Kier alpha value is -5.05. The number of aromatic amines is 1. The summed E-state index contributed by atoms with van der Waals surface area (Å²) in [6.45, 7) is 0. The fourth-order valence-electron chi connectivity index (χ4n) is 4.90. The SMILES string of the molecule is CN(C)C(=O)c1ccc(-c2cccnc2[C@H](Cc2cc(F)cc(F)c2)NC(=O)Cc2c[nH]c3ccc(O)cc23)cc1. The first-order valence-corrected chi connectivity index (χ1v) is 13.0. The highest BCUT2D eigenvalue weighted by Crippen LogP contribution is 2.30. The van der Waals surface area contributed by atoms with Crippen molar-refractivity contribution < 1.29 is 23.5 Å². The van der Waals surface area contributed by atoms with Crippen LogP contribution in [0.15, 0.2) is 85.2 Å². The first kappa shape index (κ1) is 27.5. The number of carbonyl (C=O) groups excluding carboxylic acids is 2. The summed E-state index contributed by atoms with van der Waals surface area (Å²) in [4.78, 5) is 34.9. The number of H-pyrrole nitrogens is 1. The lowest BCUT2D eigenvalue weighted by atomic mass is 9.94. The second-order valence-corrected chi connectivity index (χ2v) is 10.0. The number of benzene rings is 3. The Kier molecular flexibility index (Phi) is 7.78. The summed E-state index contributed by atoms with van der Waals surface area (Å²) in [5.74, 6) is -1.81. The Labute approximate surface area is 235 Å². The number of hydrogen-bond acceptors (Lipinski definition) is 4. The predicted octanol–water partition coefficient (Wildman–Crippen LogP) is 5.56. The maximum atomic E-state index is 14.1. The van der Waals surface area contributed by atoms with E-state index in [1.54, 1.807) is 75.0 Å². The van der Waals surface area contributed by atoms with E-state index in [0.717, 1.165) is 22.5 Å². The van der Waals surface area contributed by atoms with E-state index in [9.17, 15) is 23.5 Å². The van der Waals surface area contributed by atoms with Gasteiger partial charge >= 0.3 is 0 Å². The lowest BCUT2D eigenvalue weighted by molar-refractivity contribution is -0.121. The molecule has 5 aromatic rings. The van der Waals surface area contributed by atoms with Crippen LogP contribution >= 0.6 is 0 Å². The minimum absolute atomic E-state index is 0.000968. The summed E-state index contributed by atoms with van der Waals surface area (Å²) in [5.41, 5.74) is 4.32. The number of halogens is 2. The van der Waals surface area contributed by atoms with E-state index in [1.807, 2.05) is 6.07 Å². The summed E-state index contributed by atoms with van der Waals surface area (Å²) in [6.07, 6.45) is 3.39. The van der Waals surface area contributed by atoms with E-state index >= 15 is 0 Å². The number of nitrogens with zero attached hydrogens (tertiary/aromatic N) is 2. The van der Waals surface area contributed by atoms with Crippen molar-refractivity contribution in [1.82, 2.24) is 20.2 Å². The smallest absolute Gasteiger partial charge is 0.253 e. The molecule has 0 aliphatic heterocycles. The number of nitrogens with one attached hydrogen (secondary N) is 2. The van der Waals surface area contributed by atoms with Gasteiger partial charge in [-0.05, 0) is 71.6 Å². The maximum Gasteiger partial charge on any atom is 0.253 e. The molecule has 9 heteroatoms. The zero-order valence-electron chi connectivity index (χ0n) is 22.5. The summed E-state index contributed by atoms with van der Waals surface area (Å²) < 4.78 is 28.2. The Morgan fingerprint density at radius 3 is 2.44 bits per heavy atom. The van der Waals surface area contributed by atoms with Crippen LogP contribution in [0.25, 0.3) is 22.0 Å². The first-order valence-electron chi connectivity index (χ1n) is 13.0. The third-order valence-electron chi connectivity index (χ3n) is 6.82. The van der Waals surface area contributed by atoms with Crippen LogP contribution in [0.3, 0.4) is 0 Å². The minimum atomic E-state index is -0.735. The van der Waals surface area contributed by atoms with E-state index in [2.05, 4.69) is 15.3 Å². The molecule has 3 aromatic carbocycles. The minimum Gasteiger partial charge on any atom is -0.508 e. The normalized spacial score (nSPS) is 11.8. The van der Waals surface area contributed by atoms with Gasteiger partial charge in [-0.2, -0.15) is 0 Å². The van der Waals surface area contributed by atoms with E-state index in [0.29, 0.717) is 27.9 Å². The molecule has 0 radical (unpaired) electrons. The van der Waals surface area contributed by atoms with Gasteiger partial charge in [0, 0.05) is 54.6 Å². The number of amides is 2. The van der Waals surface area contributed by atoms with Gasteiger partial charge in [0.15, 0.2) is 0 Å². The fourth-order valence-corrected chi connectivity index (χ4v) is 4.90. The van der Waals surface area contributed by atoms with Crippen LogP contribution in [0.4, 0.5) is 8.78 Å². The number of fused-ring (bicyclic) bond motifs is 1. The van der Waals surface area contributed by atoms with Crippen LogP contribution in [0.1, 0.15) is 33.2 Å². The van der Waals surface area contributed by atoms with E-state index in [-0.39, 0.29) is 30.4 Å². The Bertz CT molecular complexity index is 1710. The third-order valence-corrected chi connectivity index (χ3v) is 6.82. The van der Waals surface area contributed by atoms with E-state index < -0.39 is 17.7 Å². The summed E-state index contributed by atoms with van der Waals surface area (Å²) in [6, 6.07) is 18.0. The van der Waals surface area contributed by atoms with Gasteiger partial charge in [0.25, 0.3) is 5.91 Å². The standard InChI is InChI=1S/C32H28F2N4O3/c1-38(2)32(41)21-7-5-20(6-8-21)26-4-3-11-35-31(26)29(14-19-12-23(33)16-24(34)13-19)37-30(40)15-22-18-36-28-10-9-25(39)17-27(22)28/h3-13,16-18,29,36,39H,14-15H2,1-2H3,(H,37,40)/t29-/m0/s1. The van der Waals surface area contributed by atoms with Gasteiger partial charge < -0.3 is 20.3 Å². The number of rotatable bonds is 8. The molecule has 0 unspecified atom stereocenters. The highest BCUT2D eigenvalue weighted by atomic mass is 19.1. The molecule has 2 heterocycles. The number of carbonyl (C=O) groups is 2. The zero-order valence-corrected chi connectivity index (χ0v) is 22.5. The van der Waals surface area contributed by atoms with Crippen LogP contribution in [0.5, 0.6) is 5.75 Å². The van der Waals surface area contributed by atoms with Crippen molar-refractivity contribution in [1.29, 1.82) is 0 Å². The molecular weight excluding hydrogens is 526 g/mol. The van der Waals surface area contributed by atoms with Crippen molar-refractivity contribution in [3.05, 3.63) is 119 Å². The van der Waals surface area contributed by atoms with Gasteiger partial charge in [-0.15, -0.1) is 0 Å². The number of hydrogen-bond donors (Lipinski definition) is 3. The molecular formula is C32H28F2N4O3. The van der Waals surface area contributed by atoms with Gasteiger partial charge in [-0.1, -0.05) is 18.2 Å². The number of phenols is 1. The molecule has 0 aliphatic rings. The Morgan fingerprint density at radius 1 is 1.00 bits per heavy atom. The molecule has 0 saturated carbocycles. The molecule has 41 heavy (non-hydrogen) atoms. The van der Waals surface area contributed by atoms with Crippen molar-refractivity contribution in [3.63, 3.8) is 0 Å². The molecule has 208 valence electrons. The molecule has 0 saturated heterocycles. The molecule has 0 spiro atoms. The highest BCUT2D eigenvalue weighted by Gasteiger charge is 2.22. The van der Waals surface area contributed by atoms with Gasteiger partial charge in [-0.3, -0.25) is 14.6 Å². The monoisotopic (exact) mass is 554 g/mol. The van der Waals surface area contributed by atoms with Crippen molar-refractivity contribution in [2.45, 2.75) is 18.9 Å². The van der Waals surface area contributed by atoms with Crippen LogP contribution in [-0.4, -0.2) is 45.9 Å². The van der Waals surface area contributed by atoms with Gasteiger partial charge in [-0.25, -0.2) is 8.78 Å². The lowest BCUT2D eigenvalue weighted by Gasteiger charge is -2.22. The molecule has 2 aromatic heterocycles. The second-order valence-electron chi connectivity index (χ2n) is 10.0. The number of phenolic OH excluding ortho intramolecular Hbond substituents is 1. The largest absolute Gasteiger partial charge is 0.508 e. The van der Waals surface area contributed by atoms with Gasteiger partial charge in [0.05, 0.1) is 18.2 Å². The lowest BCUT2D eigenvalue weighted by Crippen LogP contribution is -2.32. The van der Waals surface area contributed by atoms with Crippen LogP contribution in [-0.2, 0) is 17.6 Å². The molecule has 1 atom stereocenters. The number of aromatic hydroxyl groups is 1. The quantitative estimate of drug-likeness (QED) is 0.234. The fraction of sp³-hybridized carbons (Fsp3) is 0.156. The second kappa shape index (κ2) is 11.6. The molecule has 0 aliphatic carbocycles. The van der Waals surface area contributed by atoms with E-state index in [4.69, 9.17) is 0 Å². The van der Waals surface area contributed by atoms with Crippen molar-refractivity contribution in [2.75, 3.05) is 14.1 Å². The zero-order chi connectivity index (χ0) is 29.1. The molecule has 5 rings (SSSR count). The number of aromatic nitrogens is 2. The number of pyridine rings is 1. The first-order chi connectivity index (χ1) is 19.7. The summed E-state index contributed by atoms with van der Waals surface area (Å²) >= 11 is 0. The van der Waals surface area contributed by atoms with Crippen LogP contribution in [0.2, 0.25) is 0 Å². The Balaban J connectivity index is 1.49.